The molecule has 5 nitrogen and oxygen atoms in total. The maximum atomic E-state index is 6.09. The lowest BCUT2D eigenvalue weighted by atomic mass is 10.1. The van der Waals surface area contributed by atoms with Crippen molar-refractivity contribution in [3.63, 3.8) is 0 Å². The highest BCUT2D eigenvalue weighted by Gasteiger charge is 2.17. The van der Waals surface area contributed by atoms with Crippen LogP contribution < -0.4 is 5.73 Å². The third-order valence-electron chi connectivity index (χ3n) is 2.76. The summed E-state index contributed by atoms with van der Waals surface area (Å²) in [6.07, 6.45) is 1.62. The first-order valence-electron chi connectivity index (χ1n) is 5.45. The molecule has 0 bridgehead atoms. The fourth-order valence-electron chi connectivity index (χ4n) is 1.85. The molecule has 0 spiro atoms. The van der Waals surface area contributed by atoms with Gasteiger partial charge in [0, 0.05) is 12.4 Å². The molecule has 2 aromatic heterocycles. The number of nitrogens with zero attached hydrogens (tertiary/aromatic N) is 3. The second-order valence-electron chi connectivity index (χ2n) is 4.04. The van der Waals surface area contributed by atoms with Gasteiger partial charge in [0.1, 0.15) is 17.5 Å². The molecule has 18 heavy (non-hydrogen) atoms. The summed E-state index contributed by atoms with van der Waals surface area (Å²) in [4.78, 5) is 1.46. The Labute approximate surface area is 108 Å². The second-order valence-corrected chi connectivity index (χ2v) is 4.45. The molecule has 1 unspecified atom stereocenters. The second kappa shape index (κ2) is 4.12. The van der Waals surface area contributed by atoms with E-state index >= 15 is 0 Å². The van der Waals surface area contributed by atoms with Gasteiger partial charge in [-0.05, 0) is 12.1 Å². The molecule has 0 fully saturated rings. The Hall–Kier alpha value is -1.85. The molecule has 3 rings (SSSR count). The normalized spacial score (nSPS) is 13.1. The Morgan fingerprint density at radius 3 is 2.94 bits per heavy atom. The number of aryl methyl sites for hydroxylation is 1. The van der Waals surface area contributed by atoms with Crippen molar-refractivity contribution < 1.29 is 4.42 Å². The van der Waals surface area contributed by atoms with E-state index in [0.717, 1.165) is 5.39 Å². The van der Waals surface area contributed by atoms with E-state index in [0.29, 0.717) is 22.1 Å². The summed E-state index contributed by atoms with van der Waals surface area (Å²) in [6.45, 7) is 0. The smallest absolute Gasteiger partial charge is 0.152 e. The molecule has 0 aliphatic carbocycles. The number of rotatable bonds is 2. The van der Waals surface area contributed by atoms with Crippen molar-refractivity contribution in [1.29, 1.82) is 0 Å². The van der Waals surface area contributed by atoms with Gasteiger partial charge in [0.25, 0.3) is 0 Å². The summed E-state index contributed by atoms with van der Waals surface area (Å²) in [6, 6.07) is 7.02. The van der Waals surface area contributed by atoms with Crippen LogP contribution in [0.5, 0.6) is 0 Å². The van der Waals surface area contributed by atoms with E-state index in [4.69, 9.17) is 21.8 Å². The lowest BCUT2D eigenvalue weighted by molar-refractivity contribution is 0.517. The lowest BCUT2D eigenvalue weighted by Gasteiger charge is -2.03. The number of benzene rings is 1. The van der Waals surface area contributed by atoms with E-state index in [1.165, 1.54) is 4.80 Å². The molecule has 1 atom stereocenters. The average molecular weight is 263 g/mol. The number of fused-ring (bicyclic) bond motifs is 1. The summed E-state index contributed by atoms with van der Waals surface area (Å²) in [5.74, 6) is 0.624. The molecule has 0 saturated carbocycles. The number of nitrogens with two attached hydrogens (primary N) is 1. The van der Waals surface area contributed by atoms with Gasteiger partial charge in [0.05, 0.1) is 11.2 Å². The van der Waals surface area contributed by atoms with Gasteiger partial charge in [-0.25, -0.2) is 0 Å². The van der Waals surface area contributed by atoms with Gasteiger partial charge < -0.3 is 10.2 Å². The summed E-state index contributed by atoms with van der Waals surface area (Å²) < 4.78 is 5.69. The van der Waals surface area contributed by atoms with Crippen molar-refractivity contribution in [2.24, 2.45) is 12.8 Å². The van der Waals surface area contributed by atoms with Crippen LogP contribution in [0.2, 0.25) is 5.02 Å². The standard InChI is InChI=1S/C12H11ClN4O/c1-17-15-6-9(16-17)11(14)10-5-7-3-2-4-8(13)12(7)18-10/h2-6,11H,14H2,1H3. The first-order valence-corrected chi connectivity index (χ1v) is 5.82. The molecule has 2 N–H and O–H groups in total. The average Bonchev–Trinajstić information content (AvgIpc) is 2.95. The number of furan rings is 1. The topological polar surface area (TPSA) is 69.9 Å². The molecule has 0 saturated heterocycles. The molecular formula is C12H11ClN4O. The summed E-state index contributed by atoms with van der Waals surface area (Å²) in [5, 5.41) is 9.66. The van der Waals surface area contributed by atoms with Gasteiger partial charge in [0.15, 0.2) is 5.58 Å². The molecule has 0 aliphatic rings. The van der Waals surface area contributed by atoms with Gasteiger partial charge in [-0.1, -0.05) is 23.7 Å². The zero-order valence-corrected chi connectivity index (χ0v) is 10.4. The van der Waals surface area contributed by atoms with Crippen molar-refractivity contribution in [1.82, 2.24) is 15.0 Å². The van der Waals surface area contributed by atoms with Crippen molar-refractivity contribution in [3.8, 4) is 0 Å². The van der Waals surface area contributed by atoms with Crippen LogP contribution in [0.15, 0.2) is 34.9 Å². The zero-order valence-electron chi connectivity index (χ0n) is 9.67. The van der Waals surface area contributed by atoms with Gasteiger partial charge in [-0.2, -0.15) is 15.0 Å². The van der Waals surface area contributed by atoms with E-state index in [9.17, 15) is 0 Å². The zero-order chi connectivity index (χ0) is 12.7. The van der Waals surface area contributed by atoms with Crippen LogP contribution in [0.4, 0.5) is 0 Å². The highest BCUT2D eigenvalue weighted by Crippen LogP contribution is 2.30. The number of halogens is 1. The fraction of sp³-hybridized carbons (Fsp3) is 0.167. The predicted octanol–water partition coefficient (Wildman–Crippen LogP) is 2.26. The quantitative estimate of drug-likeness (QED) is 0.769. The monoisotopic (exact) mass is 262 g/mol. The minimum Gasteiger partial charge on any atom is -0.457 e. The minimum absolute atomic E-state index is 0.442. The Morgan fingerprint density at radius 2 is 2.28 bits per heavy atom. The molecule has 6 heteroatoms. The van der Waals surface area contributed by atoms with Gasteiger partial charge >= 0.3 is 0 Å². The number of hydrogen-bond donors (Lipinski definition) is 1. The third kappa shape index (κ3) is 1.77. The molecule has 2 heterocycles. The molecule has 3 aromatic rings. The fourth-order valence-corrected chi connectivity index (χ4v) is 2.07. The van der Waals surface area contributed by atoms with Crippen LogP contribution in [0.25, 0.3) is 11.0 Å². The predicted molar refractivity (Wildman–Crippen MR) is 68.3 cm³/mol. The number of aromatic nitrogens is 3. The van der Waals surface area contributed by atoms with Crippen molar-refractivity contribution in [3.05, 3.63) is 46.9 Å². The molecule has 92 valence electrons. The Bertz CT molecular complexity index is 703. The molecular weight excluding hydrogens is 252 g/mol. The Morgan fingerprint density at radius 1 is 1.44 bits per heavy atom. The highest BCUT2D eigenvalue weighted by atomic mass is 35.5. The van der Waals surface area contributed by atoms with E-state index in [1.807, 2.05) is 18.2 Å². The molecule has 0 radical (unpaired) electrons. The summed E-state index contributed by atoms with van der Waals surface area (Å²) in [5.41, 5.74) is 7.40. The van der Waals surface area contributed by atoms with E-state index in [1.54, 1.807) is 19.3 Å². The lowest BCUT2D eigenvalue weighted by Crippen LogP contribution is -2.11. The molecule has 1 aromatic carbocycles. The van der Waals surface area contributed by atoms with Crippen LogP contribution in [0, 0.1) is 0 Å². The summed E-state index contributed by atoms with van der Waals surface area (Å²) >= 11 is 6.06. The van der Waals surface area contributed by atoms with Crippen LogP contribution in [0.3, 0.4) is 0 Å². The van der Waals surface area contributed by atoms with Gasteiger partial charge in [0.2, 0.25) is 0 Å². The summed E-state index contributed by atoms with van der Waals surface area (Å²) in [7, 11) is 1.74. The third-order valence-corrected chi connectivity index (χ3v) is 3.06. The molecule has 0 aliphatic heterocycles. The number of hydrogen-bond acceptors (Lipinski definition) is 4. The maximum absolute atomic E-state index is 6.09. The van der Waals surface area contributed by atoms with E-state index < -0.39 is 6.04 Å². The van der Waals surface area contributed by atoms with Crippen LogP contribution in [0.1, 0.15) is 17.5 Å². The maximum Gasteiger partial charge on any atom is 0.152 e. The molecule has 0 amide bonds. The first-order chi connectivity index (χ1) is 8.65. The van der Waals surface area contributed by atoms with Crippen LogP contribution >= 0.6 is 11.6 Å². The Balaban J connectivity index is 2.06. The van der Waals surface area contributed by atoms with E-state index in [2.05, 4.69) is 10.2 Å². The van der Waals surface area contributed by atoms with Crippen molar-refractivity contribution >= 4 is 22.6 Å². The largest absolute Gasteiger partial charge is 0.457 e. The highest BCUT2D eigenvalue weighted by molar-refractivity contribution is 6.34. The van der Waals surface area contributed by atoms with Crippen molar-refractivity contribution in [2.45, 2.75) is 6.04 Å². The van der Waals surface area contributed by atoms with Crippen LogP contribution in [-0.4, -0.2) is 15.0 Å². The van der Waals surface area contributed by atoms with E-state index in [-0.39, 0.29) is 0 Å². The first kappa shape index (κ1) is 11.3. The Kier molecular flexibility index (Phi) is 2.57. The number of para-hydroxylation sites is 1. The van der Waals surface area contributed by atoms with Crippen molar-refractivity contribution in [2.75, 3.05) is 0 Å². The van der Waals surface area contributed by atoms with Crippen LogP contribution in [-0.2, 0) is 7.05 Å². The van der Waals surface area contributed by atoms with Gasteiger partial charge in [-0.3, -0.25) is 0 Å². The minimum atomic E-state index is -0.442. The van der Waals surface area contributed by atoms with Gasteiger partial charge in [-0.15, -0.1) is 0 Å². The SMILES string of the molecule is Cn1ncc(C(N)c2cc3cccc(Cl)c3o2)n1.